The van der Waals surface area contributed by atoms with E-state index in [4.69, 9.17) is 0 Å². The van der Waals surface area contributed by atoms with Crippen molar-refractivity contribution in [1.82, 2.24) is 10.0 Å². The summed E-state index contributed by atoms with van der Waals surface area (Å²) in [5, 5.41) is 2.95. The molecule has 0 fully saturated rings. The maximum Gasteiger partial charge on any atom is 0.329 e. The van der Waals surface area contributed by atoms with Crippen LogP contribution in [0.15, 0.2) is 34.1 Å². The molecule has 0 aliphatic rings. The van der Waals surface area contributed by atoms with Gasteiger partial charge in [-0.1, -0.05) is 28.1 Å². The van der Waals surface area contributed by atoms with Gasteiger partial charge in [0.1, 0.15) is 6.54 Å². The number of halogens is 1. The van der Waals surface area contributed by atoms with Crippen LogP contribution in [-0.4, -0.2) is 33.6 Å². The fourth-order valence-electron chi connectivity index (χ4n) is 1.31. The van der Waals surface area contributed by atoms with Gasteiger partial charge in [0.2, 0.25) is 0 Å². The predicted molar refractivity (Wildman–Crippen MR) is 85.3 cm³/mol. The van der Waals surface area contributed by atoms with Crippen molar-refractivity contribution < 1.29 is 22.7 Å². The minimum atomic E-state index is -3.96. The molecule has 0 spiro atoms. The predicted octanol–water partition coefficient (Wildman–Crippen LogP) is 1.61. The topological polar surface area (TPSA) is 102 Å². The molecule has 0 atom stereocenters. The van der Waals surface area contributed by atoms with E-state index in [1.807, 2.05) is 0 Å². The quantitative estimate of drug-likeness (QED) is 0.718. The van der Waals surface area contributed by atoms with Gasteiger partial charge in [0.05, 0.1) is 12.0 Å². The minimum Gasteiger partial charge on any atom is -0.465 e. The molecule has 7 nitrogen and oxygen atoms in total. The average Bonchev–Trinajstić information content (AvgIpc) is 2.44. The van der Waals surface area contributed by atoms with Gasteiger partial charge in [0, 0.05) is 4.47 Å². The third kappa shape index (κ3) is 7.23. The highest BCUT2D eigenvalue weighted by Crippen LogP contribution is 2.11. The Morgan fingerprint density at radius 2 is 1.91 bits per heavy atom. The highest BCUT2D eigenvalue weighted by Gasteiger charge is 2.12. The van der Waals surface area contributed by atoms with Crippen molar-refractivity contribution in [2.75, 3.05) is 13.2 Å². The molecule has 0 saturated carbocycles. The third-order valence-corrected chi connectivity index (χ3v) is 3.74. The van der Waals surface area contributed by atoms with Gasteiger partial charge in [-0.25, -0.2) is 17.9 Å². The number of benzene rings is 1. The van der Waals surface area contributed by atoms with E-state index < -0.39 is 28.6 Å². The Hall–Kier alpha value is -1.87. The fraction of sp³-hybridized carbons (Fsp3) is 0.231. The van der Waals surface area contributed by atoms with E-state index in [-0.39, 0.29) is 6.61 Å². The Morgan fingerprint density at radius 3 is 2.50 bits per heavy atom. The summed E-state index contributed by atoms with van der Waals surface area (Å²) in [6.07, 6.45) is 1.34. The first-order chi connectivity index (χ1) is 10.3. The molecule has 2 N–H and O–H groups in total. The summed E-state index contributed by atoms with van der Waals surface area (Å²) in [7, 11) is -3.96. The van der Waals surface area contributed by atoms with Crippen LogP contribution in [0.1, 0.15) is 12.5 Å². The monoisotopic (exact) mass is 390 g/mol. The van der Waals surface area contributed by atoms with E-state index in [0.717, 1.165) is 9.88 Å². The van der Waals surface area contributed by atoms with Crippen LogP contribution in [0.25, 0.3) is 6.08 Å². The van der Waals surface area contributed by atoms with Crippen molar-refractivity contribution in [2.24, 2.45) is 0 Å². The van der Waals surface area contributed by atoms with E-state index in [2.05, 4.69) is 26.0 Å². The number of ether oxygens (including phenoxy) is 1. The summed E-state index contributed by atoms with van der Waals surface area (Å²) in [5.74, 6) is -0.652. The van der Waals surface area contributed by atoms with Gasteiger partial charge in [0.15, 0.2) is 0 Å². The smallest absolute Gasteiger partial charge is 0.329 e. The lowest BCUT2D eigenvalue weighted by molar-refractivity contribution is -0.141. The van der Waals surface area contributed by atoms with Crippen molar-refractivity contribution in [3.63, 3.8) is 0 Å². The van der Waals surface area contributed by atoms with Crippen LogP contribution in [0.2, 0.25) is 0 Å². The minimum absolute atomic E-state index is 0.177. The molecule has 1 rings (SSSR count). The van der Waals surface area contributed by atoms with Crippen molar-refractivity contribution in [3.8, 4) is 0 Å². The van der Waals surface area contributed by atoms with Crippen molar-refractivity contribution >= 4 is 44.0 Å². The SMILES string of the molecule is CCOC(=O)CNC(=O)NS(=O)(=O)C=Cc1ccc(Br)cc1. The third-order valence-electron chi connectivity index (χ3n) is 2.24. The first-order valence-corrected chi connectivity index (χ1v) is 8.56. The molecule has 0 aromatic heterocycles. The molecule has 1 aromatic carbocycles. The highest BCUT2D eigenvalue weighted by atomic mass is 79.9. The van der Waals surface area contributed by atoms with Crippen molar-refractivity contribution in [1.29, 1.82) is 0 Å². The molecule has 120 valence electrons. The number of amides is 2. The number of carbonyl (C=O) groups excluding carboxylic acids is 2. The lowest BCUT2D eigenvalue weighted by Gasteiger charge is -2.05. The first-order valence-electron chi connectivity index (χ1n) is 6.22. The van der Waals surface area contributed by atoms with Gasteiger partial charge < -0.3 is 10.1 Å². The zero-order chi connectivity index (χ0) is 16.6. The summed E-state index contributed by atoms with van der Waals surface area (Å²) in [6.45, 7) is 1.39. The normalized spacial score (nSPS) is 11.2. The van der Waals surface area contributed by atoms with Crippen molar-refractivity contribution in [3.05, 3.63) is 39.7 Å². The number of esters is 1. The fourth-order valence-corrected chi connectivity index (χ4v) is 2.31. The Balaban J connectivity index is 2.54. The summed E-state index contributed by atoms with van der Waals surface area (Å²) in [5.41, 5.74) is 0.653. The standard InChI is InChI=1S/C13H15BrN2O5S/c1-2-21-12(17)9-15-13(18)16-22(19,20)8-7-10-3-5-11(14)6-4-10/h3-8H,2,9H2,1H3,(H2,15,16,18). The molecular weight excluding hydrogens is 376 g/mol. The second kappa shape index (κ2) is 8.54. The molecule has 0 aliphatic heterocycles. The summed E-state index contributed by atoms with van der Waals surface area (Å²) in [4.78, 5) is 22.4. The summed E-state index contributed by atoms with van der Waals surface area (Å²) in [6, 6.07) is 5.92. The summed E-state index contributed by atoms with van der Waals surface area (Å²) < 4.78 is 30.5. The number of hydrogen-bond acceptors (Lipinski definition) is 5. The van der Waals surface area contributed by atoms with Gasteiger partial charge in [-0.15, -0.1) is 0 Å². The second-order valence-corrected chi connectivity index (χ2v) is 6.47. The number of sulfonamides is 1. The molecule has 0 radical (unpaired) electrons. The highest BCUT2D eigenvalue weighted by molar-refractivity contribution is 9.10. The molecule has 0 unspecified atom stereocenters. The van der Waals surface area contributed by atoms with Crippen LogP contribution in [0.5, 0.6) is 0 Å². The van der Waals surface area contributed by atoms with Gasteiger partial charge in [-0.2, -0.15) is 0 Å². The molecule has 9 heteroatoms. The number of urea groups is 1. The molecule has 2 amide bonds. The molecule has 0 aliphatic carbocycles. The first kappa shape index (κ1) is 18.2. The molecule has 0 saturated heterocycles. The number of nitrogens with one attached hydrogen (secondary N) is 2. The van der Waals surface area contributed by atoms with Crippen LogP contribution in [-0.2, 0) is 19.6 Å². The Labute approximate surface area is 136 Å². The zero-order valence-corrected chi connectivity index (χ0v) is 14.1. The van der Waals surface area contributed by atoms with Crippen LogP contribution >= 0.6 is 15.9 Å². The van der Waals surface area contributed by atoms with Crippen LogP contribution < -0.4 is 10.0 Å². The zero-order valence-electron chi connectivity index (χ0n) is 11.7. The molecular formula is C13H15BrN2O5S. The van der Waals surface area contributed by atoms with Gasteiger partial charge in [-0.3, -0.25) is 4.79 Å². The number of rotatable bonds is 6. The molecule has 0 heterocycles. The Kier molecular flexibility index (Phi) is 7.06. The van der Waals surface area contributed by atoms with Gasteiger partial charge >= 0.3 is 12.0 Å². The molecule has 0 bridgehead atoms. The van der Waals surface area contributed by atoms with Gasteiger partial charge in [0.25, 0.3) is 10.0 Å². The maximum absolute atomic E-state index is 11.7. The van der Waals surface area contributed by atoms with Crippen LogP contribution in [0, 0.1) is 0 Å². The largest absolute Gasteiger partial charge is 0.465 e. The Bertz CT molecular complexity index is 656. The van der Waals surface area contributed by atoms with Gasteiger partial charge in [-0.05, 0) is 30.7 Å². The molecule has 1 aromatic rings. The Morgan fingerprint density at radius 1 is 1.27 bits per heavy atom. The van der Waals surface area contributed by atoms with E-state index >= 15 is 0 Å². The average molecular weight is 391 g/mol. The lowest BCUT2D eigenvalue weighted by atomic mass is 10.2. The number of hydrogen-bond donors (Lipinski definition) is 2. The lowest BCUT2D eigenvalue weighted by Crippen LogP contribution is -2.41. The summed E-state index contributed by atoms with van der Waals surface area (Å²) >= 11 is 3.26. The second-order valence-electron chi connectivity index (χ2n) is 3.99. The maximum atomic E-state index is 11.7. The molecule has 22 heavy (non-hydrogen) atoms. The van der Waals surface area contributed by atoms with Crippen molar-refractivity contribution in [2.45, 2.75) is 6.92 Å². The van der Waals surface area contributed by atoms with Crippen LogP contribution in [0.3, 0.4) is 0 Å². The van der Waals surface area contributed by atoms with E-state index in [1.54, 1.807) is 35.9 Å². The van der Waals surface area contributed by atoms with Crippen LogP contribution in [0.4, 0.5) is 4.79 Å². The van der Waals surface area contributed by atoms with E-state index in [0.29, 0.717) is 5.56 Å². The van der Waals surface area contributed by atoms with E-state index in [1.165, 1.54) is 6.08 Å². The van der Waals surface area contributed by atoms with E-state index in [9.17, 15) is 18.0 Å². The number of carbonyl (C=O) groups is 2.